The number of hydrogen-bond acceptors (Lipinski definition) is 5. The van der Waals surface area contributed by atoms with Gasteiger partial charge in [0, 0.05) is 45.6 Å². The molecule has 0 N–H and O–H groups in total. The number of carbonyl (C=O) groups is 1. The Morgan fingerprint density at radius 3 is 2.72 bits per heavy atom. The van der Waals surface area contributed by atoms with Crippen LogP contribution in [0.2, 0.25) is 0 Å². The highest BCUT2D eigenvalue weighted by Crippen LogP contribution is 2.19. The van der Waals surface area contributed by atoms with E-state index in [4.69, 9.17) is 0 Å². The number of carbonyl (C=O) groups excluding carboxylic acids is 1. The molecule has 5 nitrogen and oxygen atoms in total. The van der Waals surface area contributed by atoms with Crippen molar-refractivity contribution < 1.29 is 4.79 Å². The van der Waals surface area contributed by atoms with Gasteiger partial charge in [0.1, 0.15) is 23.7 Å². The quantitative estimate of drug-likeness (QED) is 0.808. The number of nitrogens with zero attached hydrogens (tertiary/aromatic N) is 4. The lowest BCUT2D eigenvalue weighted by atomic mass is 10.1. The van der Waals surface area contributed by atoms with Crippen LogP contribution in [0.25, 0.3) is 0 Å². The van der Waals surface area contributed by atoms with Crippen molar-refractivity contribution in [1.82, 2.24) is 9.97 Å². The lowest BCUT2D eigenvalue weighted by Gasteiger charge is -2.27. The van der Waals surface area contributed by atoms with Gasteiger partial charge >= 0.3 is 0 Å². The summed E-state index contributed by atoms with van der Waals surface area (Å²) in [4.78, 5) is 24.1. The predicted molar refractivity (Wildman–Crippen MR) is 72.0 cm³/mol. The van der Waals surface area contributed by atoms with Crippen LogP contribution in [-0.2, 0) is 4.79 Å². The van der Waals surface area contributed by atoms with Crippen LogP contribution >= 0.6 is 0 Å². The van der Waals surface area contributed by atoms with Crippen LogP contribution in [0.5, 0.6) is 0 Å². The van der Waals surface area contributed by atoms with E-state index in [0.717, 1.165) is 37.7 Å². The first kappa shape index (κ1) is 12.8. The van der Waals surface area contributed by atoms with E-state index in [0.29, 0.717) is 18.6 Å². The first-order chi connectivity index (χ1) is 8.70. The second-order valence-electron chi connectivity index (χ2n) is 4.68. The minimum atomic E-state index is 0.351. The normalized spacial score (nSPS) is 15.9. The molecule has 1 aliphatic heterocycles. The van der Waals surface area contributed by atoms with Gasteiger partial charge in [-0.05, 0) is 6.42 Å². The number of aromatic nitrogens is 2. The topological polar surface area (TPSA) is 49.3 Å². The van der Waals surface area contributed by atoms with Crippen molar-refractivity contribution in [2.24, 2.45) is 0 Å². The van der Waals surface area contributed by atoms with Crippen LogP contribution in [0.4, 0.5) is 11.6 Å². The Kier molecular flexibility index (Phi) is 4.12. The molecule has 0 radical (unpaired) electrons. The van der Waals surface area contributed by atoms with Crippen LogP contribution in [0.3, 0.4) is 0 Å². The minimum Gasteiger partial charge on any atom is -0.360 e. The minimum absolute atomic E-state index is 0.351. The summed E-state index contributed by atoms with van der Waals surface area (Å²) in [6, 6.07) is 2.01. The van der Waals surface area contributed by atoms with Gasteiger partial charge in [0.05, 0.1) is 0 Å². The Labute approximate surface area is 108 Å². The summed E-state index contributed by atoms with van der Waals surface area (Å²) < 4.78 is 0. The molecule has 0 atom stereocenters. The molecule has 0 amide bonds. The van der Waals surface area contributed by atoms with Crippen molar-refractivity contribution in [3.63, 3.8) is 0 Å². The summed E-state index contributed by atoms with van der Waals surface area (Å²) in [6.45, 7) is 4.67. The molecular weight excluding hydrogens is 228 g/mol. The van der Waals surface area contributed by atoms with E-state index in [1.165, 1.54) is 0 Å². The highest BCUT2D eigenvalue weighted by molar-refractivity contribution is 5.80. The molecule has 1 aliphatic rings. The molecule has 1 aromatic rings. The molecular formula is C13H20N4O. The van der Waals surface area contributed by atoms with E-state index < -0.39 is 0 Å². The summed E-state index contributed by atoms with van der Waals surface area (Å²) >= 11 is 0. The number of piperidine rings is 1. The summed E-state index contributed by atoms with van der Waals surface area (Å²) in [7, 11) is 2.04. The van der Waals surface area contributed by atoms with E-state index in [-0.39, 0.29) is 0 Å². The highest BCUT2D eigenvalue weighted by Gasteiger charge is 2.18. The summed E-state index contributed by atoms with van der Waals surface area (Å²) in [5.74, 6) is 2.22. The van der Waals surface area contributed by atoms with E-state index in [1.54, 1.807) is 6.33 Å². The monoisotopic (exact) mass is 248 g/mol. The molecule has 1 aromatic heterocycles. The van der Waals surface area contributed by atoms with Gasteiger partial charge in [-0.15, -0.1) is 0 Å². The maximum atomic E-state index is 11.2. The molecule has 1 fully saturated rings. The maximum Gasteiger partial charge on any atom is 0.136 e. The van der Waals surface area contributed by atoms with Crippen molar-refractivity contribution in [3.05, 3.63) is 12.4 Å². The standard InChI is InChI=1S/C13H20N4O/c1-3-6-16(2)12-9-13(15-10-14-12)17-7-4-11(18)5-8-17/h9-10H,3-8H2,1-2H3. The number of rotatable bonds is 4. The fraction of sp³-hybridized carbons (Fsp3) is 0.615. The zero-order chi connectivity index (χ0) is 13.0. The van der Waals surface area contributed by atoms with Gasteiger partial charge < -0.3 is 9.80 Å². The third-order valence-electron chi connectivity index (χ3n) is 3.23. The summed E-state index contributed by atoms with van der Waals surface area (Å²) in [5.41, 5.74) is 0. The second kappa shape index (κ2) is 5.80. The molecule has 0 aromatic carbocycles. The molecule has 98 valence electrons. The van der Waals surface area contributed by atoms with Crippen molar-refractivity contribution in [3.8, 4) is 0 Å². The number of Topliss-reactive ketones (excluding diaryl/α,β-unsaturated/α-hetero) is 1. The third kappa shape index (κ3) is 2.97. The molecule has 0 unspecified atom stereocenters. The van der Waals surface area contributed by atoms with E-state index >= 15 is 0 Å². The van der Waals surface area contributed by atoms with E-state index in [1.807, 2.05) is 13.1 Å². The van der Waals surface area contributed by atoms with Crippen LogP contribution in [-0.4, -0.2) is 42.4 Å². The first-order valence-electron chi connectivity index (χ1n) is 6.50. The average molecular weight is 248 g/mol. The van der Waals surface area contributed by atoms with E-state index in [2.05, 4.69) is 26.7 Å². The van der Waals surface area contributed by atoms with Crippen molar-refractivity contribution in [2.75, 3.05) is 36.5 Å². The highest BCUT2D eigenvalue weighted by atomic mass is 16.1. The van der Waals surface area contributed by atoms with Gasteiger partial charge in [-0.25, -0.2) is 9.97 Å². The molecule has 1 saturated heterocycles. The van der Waals surface area contributed by atoms with Crippen molar-refractivity contribution in [1.29, 1.82) is 0 Å². The zero-order valence-electron chi connectivity index (χ0n) is 11.1. The van der Waals surface area contributed by atoms with Gasteiger partial charge in [-0.2, -0.15) is 0 Å². The molecule has 5 heteroatoms. The van der Waals surface area contributed by atoms with Gasteiger partial charge in [0.25, 0.3) is 0 Å². The number of ketones is 1. The van der Waals surface area contributed by atoms with Crippen LogP contribution in [0, 0.1) is 0 Å². The Balaban J connectivity index is 2.09. The summed E-state index contributed by atoms with van der Waals surface area (Å²) in [5, 5.41) is 0. The van der Waals surface area contributed by atoms with Crippen LogP contribution in [0.15, 0.2) is 12.4 Å². The van der Waals surface area contributed by atoms with Crippen LogP contribution < -0.4 is 9.80 Å². The molecule has 2 rings (SSSR count). The Morgan fingerprint density at radius 1 is 1.33 bits per heavy atom. The van der Waals surface area contributed by atoms with E-state index in [9.17, 15) is 4.79 Å². The Bertz CT molecular complexity index is 411. The van der Waals surface area contributed by atoms with Crippen molar-refractivity contribution >= 4 is 17.4 Å². The van der Waals surface area contributed by atoms with Gasteiger partial charge in [0.2, 0.25) is 0 Å². The molecule has 0 aliphatic carbocycles. The lowest BCUT2D eigenvalue weighted by molar-refractivity contribution is -0.119. The number of hydrogen-bond donors (Lipinski definition) is 0. The first-order valence-corrected chi connectivity index (χ1v) is 6.50. The largest absolute Gasteiger partial charge is 0.360 e. The van der Waals surface area contributed by atoms with Crippen molar-refractivity contribution in [2.45, 2.75) is 26.2 Å². The third-order valence-corrected chi connectivity index (χ3v) is 3.23. The zero-order valence-corrected chi connectivity index (χ0v) is 11.1. The molecule has 0 saturated carbocycles. The SMILES string of the molecule is CCCN(C)c1cc(N2CCC(=O)CC2)ncn1. The molecule has 0 bridgehead atoms. The second-order valence-corrected chi connectivity index (χ2v) is 4.68. The van der Waals surface area contributed by atoms with Gasteiger partial charge in [-0.1, -0.05) is 6.92 Å². The Morgan fingerprint density at radius 2 is 2.06 bits per heavy atom. The molecule has 18 heavy (non-hydrogen) atoms. The molecule has 2 heterocycles. The molecule has 0 spiro atoms. The lowest BCUT2D eigenvalue weighted by Crippen LogP contribution is -2.34. The fourth-order valence-electron chi connectivity index (χ4n) is 2.15. The van der Waals surface area contributed by atoms with Gasteiger partial charge in [-0.3, -0.25) is 4.79 Å². The Hall–Kier alpha value is -1.65. The van der Waals surface area contributed by atoms with Gasteiger partial charge in [0.15, 0.2) is 0 Å². The average Bonchev–Trinajstić information content (AvgIpc) is 2.40. The van der Waals surface area contributed by atoms with Crippen LogP contribution in [0.1, 0.15) is 26.2 Å². The smallest absolute Gasteiger partial charge is 0.136 e. The predicted octanol–water partition coefficient (Wildman–Crippen LogP) is 1.49. The summed E-state index contributed by atoms with van der Waals surface area (Å²) in [6.07, 6.45) is 3.95. The maximum absolute atomic E-state index is 11.2. The fourth-order valence-corrected chi connectivity index (χ4v) is 2.15. The number of anilines is 2.